The summed E-state index contributed by atoms with van der Waals surface area (Å²) in [5, 5.41) is 12.0. The van der Waals surface area contributed by atoms with Gasteiger partial charge in [-0.2, -0.15) is 0 Å². The molecule has 0 bridgehead atoms. The highest BCUT2D eigenvalue weighted by Gasteiger charge is 2.18. The van der Waals surface area contributed by atoms with Crippen LogP contribution in [-0.2, 0) is 11.2 Å². The maximum Gasteiger partial charge on any atom is 0.320 e. The molecular weight excluding hydrogens is 400 g/mol. The number of carboxylic acid groups (broad SMARTS) is 1. The lowest BCUT2D eigenvalue weighted by molar-refractivity contribution is -0.138. The van der Waals surface area contributed by atoms with E-state index in [1.54, 1.807) is 24.3 Å². The first kappa shape index (κ1) is 23.7. The average Bonchev–Trinajstić information content (AvgIpc) is 2.80. The molecule has 2 aromatic rings. The van der Waals surface area contributed by atoms with Crippen molar-refractivity contribution in [3.05, 3.63) is 76.9 Å². The van der Waals surface area contributed by atoms with Crippen molar-refractivity contribution < 1.29 is 14.7 Å². The number of rotatable bonds is 9. The van der Waals surface area contributed by atoms with Crippen LogP contribution in [0.1, 0.15) is 72.5 Å². The van der Waals surface area contributed by atoms with Crippen LogP contribution in [0.25, 0.3) is 5.57 Å². The van der Waals surface area contributed by atoms with Crippen molar-refractivity contribution in [1.82, 2.24) is 5.32 Å². The molecule has 0 spiro atoms. The molecule has 0 saturated carbocycles. The fourth-order valence-corrected chi connectivity index (χ4v) is 4.22. The van der Waals surface area contributed by atoms with E-state index in [1.165, 1.54) is 36.0 Å². The van der Waals surface area contributed by atoms with Crippen LogP contribution in [0.3, 0.4) is 0 Å². The van der Waals surface area contributed by atoms with E-state index in [0.29, 0.717) is 18.0 Å². The van der Waals surface area contributed by atoms with Gasteiger partial charge in [0.1, 0.15) is 6.04 Å². The molecule has 5 nitrogen and oxygen atoms in total. The molecule has 4 N–H and O–H groups in total. The Bertz CT molecular complexity index is 946. The fraction of sp³-hybridized carbons (Fsp3) is 0.407. The number of allylic oxidation sites excluding steroid dienone is 2. The molecular formula is C27H34N2O3. The van der Waals surface area contributed by atoms with Crippen molar-refractivity contribution in [2.24, 2.45) is 11.7 Å². The zero-order valence-corrected chi connectivity index (χ0v) is 19.0. The first-order chi connectivity index (χ1) is 15.3. The summed E-state index contributed by atoms with van der Waals surface area (Å²) >= 11 is 0. The molecule has 0 aromatic heterocycles. The lowest BCUT2D eigenvalue weighted by atomic mass is 9.86. The highest BCUT2D eigenvalue weighted by atomic mass is 16.4. The Morgan fingerprint density at radius 3 is 2.28 bits per heavy atom. The van der Waals surface area contributed by atoms with Crippen LogP contribution < -0.4 is 11.1 Å². The molecule has 0 fully saturated rings. The van der Waals surface area contributed by atoms with E-state index in [9.17, 15) is 9.59 Å². The predicted octanol–water partition coefficient (Wildman–Crippen LogP) is 4.77. The molecule has 0 saturated heterocycles. The van der Waals surface area contributed by atoms with Gasteiger partial charge in [-0.15, -0.1) is 0 Å². The zero-order chi connectivity index (χ0) is 23.1. The van der Waals surface area contributed by atoms with E-state index >= 15 is 0 Å². The van der Waals surface area contributed by atoms with Crippen molar-refractivity contribution >= 4 is 17.4 Å². The van der Waals surface area contributed by atoms with Crippen molar-refractivity contribution in [3.8, 4) is 0 Å². The first-order valence-corrected chi connectivity index (χ1v) is 11.5. The Morgan fingerprint density at radius 1 is 1.03 bits per heavy atom. The monoisotopic (exact) mass is 434 g/mol. The molecule has 1 aliphatic rings. The number of hydrogen-bond donors (Lipinski definition) is 3. The van der Waals surface area contributed by atoms with E-state index in [-0.39, 0.29) is 18.2 Å². The number of amides is 1. The molecule has 32 heavy (non-hydrogen) atoms. The minimum absolute atomic E-state index is 0.131. The number of aliphatic carboxylic acids is 1. The Morgan fingerprint density at radius 2 is 1.72 bits per heavy atom. The number of carboxylic acids is 1. The van der Waals surface area contributed by atoms with Crippen LogP contribution in [-0.4, -0.2) is 29.6 Å². The van der Waals surface area contributed by atoms with Gasteiger partial charge in [0.05, 0.1) is 0 Å². The molecule has 0 heterocycles. The Labute approximate surface area is 190 Å². The van der Waals surface area contributed by atoms with Gasteiger partial charge in [0.25, 0.3) is 5.91 Å². The Balaban J connectivity index is 1.61. The van der Waals surface area contributed by atoms with Gasteiger partial charge in [0, 0.05) is 18.0 Å². The predicted molar refractivity (Wildman–Crippen MR) is 129 cm³/mol. The Hall–Kier alpha value is -2.92. The maximum absolute atomic E-state index is 12.7. The summed E-state index contributed by atoms with van der Waals surface area (Å²) in [6.45, 7) is 4.91. The van der Waals surface area contributed by atoms with Crippen LogP contribution in [0.2, 0.25) is 0 Å². The van der Waals surface area contributed by atoms with Crippen LogP contribution in [0.4, 0.5) is 0 Å². The number of nitrogens with one attached hydrogen (secondary N) is 1. The van der Waals surface area contributed by atoms with Crippen molar-refractivity contribution in [3.63, 3.8) is 0 Å². The molecule has 3 rings (SSSR count). The number of carbonyl (C=O) groups is 2. The van der Waals surface area contributed by atoms with Gasteiger partial charge in [0.2, 0.25) is 0 Å². The third-order valence-electron chi connectivity index (χ3n) is 6.28. The van der Waals surface area contributed by atoms with Gasteiger partial charge >= 0.3 is 5.97 Å². The lowest BCUT2D eigenvalue weighted by Gasteiger charge is -2.23. The van der Waals surface area contributed by atoms with Gasteiger partial charge in [-0.25, -0.2) is 0 Å². The van der Waals surface area contributed by atoms with Gasteiger partial charge in [-0.1, -0.05) is 56.3 Å². The highest BCUT2D eigenvalue weighted by Crippen LogP contribution is 2.29. The largest absolute Gasteiger partial charge is 0.480 e. The van der Waals surface area contributed by atoms with Crippen LogP contribution in [0.5, 0.6) is 0 Å². The van der Waals surface area contributed by atoms with Gasteiger partial charge in [-0.05, 0) is 72.4 Å². The van der Waals surface area contributed by atoms with E-state index in [1.807, 2.05) is 0 Å². The zero-order valence-electron chi connectivity index (χ0n) is 19.0. The molecule has 2 aromatic carbocycles. The molecule has 1 aliphatic carbocycles. The summed E-state index contributed by atoms with van der Waals surface area (Å²) in [4.78, 5) is 23.6. The molecule has 0 radical (unpaired) electrons. The number of carbonyl (C=O) groups excluding carboxylic acids is 1. The van der Waals surface area contributed by atoms with Crippen LogP contribution in [0, 0.1) is 5.92 Å². The van der Waals surface area contributed by atoms with Crippen molar-refractivity contribution in [2.75, 3.05) is 6.54 Å². The molecule has 1 amide bonds. The molecule has 5 heteroatoms. The Kier molecular flexibility index (Phi) is 8.23. The second kappa shape index (κ2) is 11.1. The quantitative estimate of drug-likeness (QED) is 0.530. The number of benzene rings is 2. The van der Waals surface area contributed by atoms with E-state index < -0.39 is 12.0 Å². The SMILES string of the molecule is CC(C)[C@@H](CNC(=O)c1ccc(C[C@H](N)C(=O)O)cc1)c1ccc(C2=CCCCC2)cc1. The third kappa shape index (κ3) is 6.30. The maximum atomic E-state index is 12.7. The summed E-state index contributed by atoms with van der Waals surface area (Å²) in [5.74, 6) is -0.556. The topological polar surface area (TPSA) is 92.4 Å². The standard InChI is InChI=1S/C27H34N2O3/c1-18(2)24(22-14-12-21(13-15-22)20-6-4-3-5-7-20)17-29-26(30)23-10-8-19(9-11-23)16-25(28)27(31)32/h6,8-15,18,24-25H,3-5,7,16-17,28H2,1-2H3,(H,29,30)(H,31,32)/t24-,25+/m1/s1. The fourth-order valence-electron chi connectivity index (χ4n) is 4.22. The summed E-state index contributed by atoms with van der Waals surface area (Å²) in [5.41, 5.74) is 10.9. The van der Waals surface area contributed by atoms with E-state index in [0.717, 1.165) is 12.0 Å². The lowest BCUT2D eigenvalue weighted by Crippen LogP contribution is -2.32. The minimum atomic E-state index is -1.03. The van der Waals surface area contributed by atoms with Gasteiger partial charge in [-0.3, -0.25) is 9.59 Å². The highest BCUT2D eigenvalue weighted by molar-refractivity contribution is 5.94. The second-order valence-corrected chi connectivity index (χ2v) is 9.00. The van der Waals surface area contributed by atoms with Gasteiger partial charge in [0.15, 0.2) is 0 Å². The average molecular weight is 435 g/mol. The summed E-state index contributed by atoms with van der Waals surface area (Å²) in [7, 11) is 0. The van der Waals surface area contributed by atoms with E-state index in [4.69, 9.17) is 10.8 Å². The minimum Gasteiger partial charge on any atom is -0.480 e. The van der Waals surface area contributed by atoms with Gasteiger partial charge < -0.3 is 16.2 Å². The normalized spacial score (nSPS) is 15.7. The summed E-state index contributed by atoms with van der Waals surface area (Å²) in [6, 6.07) is 14.8. The number of nitrogens with two attached hydrogens (primary N) is 1. The molecule has 0 unspecified atom stereocenters. The van der Waals surface area contributed by atoms with E-state index in [2.05, 4.69) is 49.5 Å². The van der Waals surface area contributed by atoms with Crippen LogP contribution >= 0.6 is 0 Å². The molecule has 2 atom stereocenters. The second-order valence-electron chi connectivity index (χ2n) is 9.00. The van der Waals surface area contributed by atoms with Crippen LogP contribution in [0.15, 0.2) is 54.6 Å². The third-order valence-corrected chi connectivity index (χ3v) is 6.28. The smallest absolute Gasteiger partial charge is 0.320 e. The first-order valence-electron chi connectivity index (χ1n) is 11.5. The van der Waals surface area contributed by atoms with Crippen molar-refractivity contribution in [2.45, 2.75) is 57.9 Å². The summed E-state index contributed by atoms with van der Waals surface area (Å²) < 4.78 is 0. The van der Waals surface area contributed by atoms with Crippen molar-refractivity contribution in [1.29, 1.82) is 0 Å². The number of hydrogen-bond acceptors (Lipinski definition) is 3. The molecule has 170 valence electrons. The summed E-state index contributed by atoms with van der Waals surface area (Å²) in [6.07, 6.45) is 7.48. The molecule has 0 aliphatic heterocycles.